The number of hydrogen-bond acceptors (Lipinski definition) is 1. The Balaban J connectivity index is 2.74. The van der Waals surface area contributed by atoms with Crippen LogP contribution in [0.15, 0.2) is 40.9 Å². The first-order valence-electron chi connectivity index (χ1n) is 4.13. The van der Waals surface area contributed by atoms with E-state index < -0.39 is 0 Å². The molecule has 0 radical (unpaired) electrons. The highest BCUT2D eigenvalue weighted by Crippen LogP contribution is 2.16. The maximum atomic E-state index is 11.3. The molecule has 0 unspecified atom stereocenters. The molecular formula is C11H11BrO. The summed E-state index contributed by atoms with van der Waals surface area (Å²) in [7, 11) is 0. The molecule has 0 aliphatic rings. The van der Waals surface area contributed by atoms with Crippen LogP contribution in [-0.2, 0) is 11.2 Å². The summed E-state index contributed by atoms with van der Waals surface area (Å²) in [6, 6.07) is 7.76. The van der Waals surface area contributed by atoms with Crippen molar-refractivity contribution in [3.63, 3.8) is 0 Å². The molecular weight excluding hydrogens is 228 g/mol. The van der Waals surface area contributed by atoms with E-state index in [4.69, 9.17) is 0 Å². The molecule has 0 aliphatic carbocycles. The number of rotatable bonds is 3. The summed E-state index contributed by atoms with van der Waals surface area (Å²) >= 11 is 3.40. The largest absolute Gasteiger partial charge is 0.294 e. The zero-order chi connectivity index (χ0) is 9.68. The van der Waals surface area contributed by atoms with E-state index in [0.717, 1.165) is 10.0 Å². The molecule has 0 saturated heterocycles. The van der Waals surface area contributed by atoms with Crippen LogP contribution in [0.5, 0.6) is 0 Å². The van der Waals surface area contributed by atoms with E-state index in [0.29, 0.717) is 6.42 Å². The highest BCUT2D eigenvalue weighted by Gasteiger charge is 2.02. The monoisotopic (exact) mass is 238 g/mol. The SMILES string of the molecule is C/C=C\C(=O)Cc1ccccc1Br. The van der Waals surface area contributed by atoms with E-state index in [9.17, 15) is 4.79 Å². The average Bonchev–Trinajstić information content (AvgIpc) is 2.09. The van der Waals surface area contributed by atoms with Gasteiger partial charge in [-0.1, -0.05) is 40.2 Å². The minimum atomic E-state index is 0.134. The lowest BCUT2D eigenvalue weighted by Gasteiger charge is -1.99. The summed E-state index contributed by atoms with van der Waals surface area (Å²) in [5.74, 6) is 0.134. The van der Waals surface area contributed by atoms with Gasteiger partial charge < -0.3 is 0 Å². The fourth-order valence-corrected chi connectivity index (χ4v) is 1.50. The van der Waals surface area contributed by atoms with Gasteiger partial charge in [0.15, 0.2) is 5.78 Å². The van der Waals surface area contributed by atoms with Gasteiger partial charge >= 0.3 is 0 Å². The van der Waals surface area contributed by atoms with Crippen molar-refractivity contribution in [1.29, 1.82) is 0 Å². The number of allylic oxidation sites excluding steroid dienone is 2. The Kier molecular flexibility index (Phi) is 3.90. The molecule has 0 saturated carbocycles. The number of halogens is 1. The van der Waals surface area contributed by atoms with Crippen LogP contribution in [0, 0.1) is 0 Å². The van der Waals surface area contributed by atoms with Gasteiger partial charge in [0.1, 0.15) is 0 Å². The van der Waals surface area contributed by atoms with Crippen molar-refractivity contribution in [2.45, 2.75) is 13.3 Å². The molecule has 2 heteroatoms. The van der Waals surface area contributed by atoms with Crippen LogP contribution in [0.4, 0.5) is 0 Å². The molecule has 1 rings (SSSR count). The first-order valence-corrected chi connectivity index (χ1v) is 4.92. The Bertz CT molecular complexity index is 329. The Morgan fingerprint density at radius 3 is 2.77 bits per heavy atom. The van der Waals surface area contributed by atoms with E-state index >= 15 is 0 Å². The Hall–Kier alpha value is -0.890. The molecule has 0 aliphatic heterocycles. The van der Waals surface area contributed by atoms with Crippen LogP contribution in [-0.4, -0.2) is 5.78 Å². The molecule has 0 amide bonds. The Morgan fingerprint density at radius 2 is 2.15 bits per heavy atom. The van der Waals surface area contributed by atoms with Gasteiger partial charge in [-0.2, -0.15) is 0 Å². The van der Waals surface area contributed by atoms with Gasteiger partial charge in [-0.25, -0.2) is 0 Å². The van der Waals surface area contributed by atoms with Crippen LogP contribution in [0.2, 0.25) is 0 Å². The van der Waals surface area contributed by atoms with Gasteiger partial charge in [0.2, 0.25) is 0 Å². The smallest absolute Gasteiger partial charge is 0.159 e. The normalized spacial score (nSPS) is 10.6. The maximum Gasteiger partial charge on any atom is 0.159 e. The van der Waals surface area contributed by atoms with E-state index in [1.807, 2.05) is 31.2 Å². The first-order chi connectivity index (χ1) is 6.24. The second-order valence-electron chi connectivity index (χ2n) is 2.73. The summed E-state index contributed by atoms with van der Waals surface area (Å²) in [4.78, 5) is 11.3. The lowest BCUT2D eigenvalue weighted by atomic mass is 10.1. The second kappa shape index (κ2) is 4.97. The summed E-state index contributed by atoms with van der Waals surface area (Å²) in [5.41, 5.74) is 1.03. The van der Waals surface area contributed by atoms with E-state index in [-0.39, 0.29) is 5.78 Å². The fourth-order valence-electron chi connectivity index (χ4n) is 1.07. The maximum absolute atomic E-state index is 11.3. The van der Waals surface area contributed by atoms with Crippen molar-refractivity contribution in [3.05, 3.63) is 46.5 Å². The molecule has 0 bridgehead atoms. The van der Waals surface area contributed by atoms with Crippen LogP contribution in [0.1, 0.15) is 12.5 Å². The minimum Gasteiger partial charge on any atom is -0.294 e. The molecule has 0 atom stereocenters. The minimum absolute atomic E-state index is 0.134. The number of ketones is 1. The molecule has 0 heterocycles. The molecule has 1 nitrogen and oxygen atoms in total. The standard InChI is InChI=1S/C11H11BrO/c1-2-5-10(13)8-9-6-3-4-7-11(9)12/h2-7H,8H2,1H3/b5-2-. The van der Waals surface area contributed by atoms with Crippen molar-refractivity contribution in [2.75, 3.05) is 0 Å². The second-order valence-corrected chi connectivity index (χ2v) is 3.59. The number of carbonyl (C=O) groups is 1. The van der Waals surface area contributed by atoms with Crippen molar-refractivity contribution in [1.82, 2.24) is 0 Å². The molecule has 0 fully saturated rings. The zero-order valence-electron chi connectivity index (χ0n) is 7.46. The van der Waals surface area contributed by atoms with Crippen molar-refractivity contribution >= 4 is 21.7 Å². The van der Waals surface area contributed by atoms with Gasteiger partial charge in [-0.15, -0.1) is 0 Å². The Morgan fingerprint density at radius 1 is 1.46 bits per heavy atom. The highest BCUT2D eigenvalue weighted by atomic mass is 79.9. The number of carbonyl (C=O) groups excluding carboxylic acids is 1. The van der Waals surface area contributed by atoms with Gasteiger partial charge in [0.05, 0.1) is 0 Å². The summed E-state index contributed by atoms with van der Waals surface area (Å²) in [6.45, 7) is 1.85. The number of benzene rings is 1. The van der Waals surface area contributed by atoms with Crippen LogP contribution >= 0.6 is 15.9 Å². The van der Waals surface area contributed by atoms with Gasteiger partial charge in [-0.05, 0) is 24.6 Å². The average molecular weight is 239 g/mol. The zero-order valence-corrected chi connectivity index (χ0v) is 9.04. The van der Waals surface area contributed by atoms with Gasteiger partial charge in [0, 0.05) is 10.9 Å². The van der Waals surface area contributed by atoms with Crippen LogP contribution < -0.4 is 0 Å². The van der Waals surface area contributed by atoms with Gasteiger partial charge in [0.25, 0.3) is 0 Å². The third kappa shape index (κ3) is 3.15. The topological polar surface area (TPSA) is 17.1 Å². The van der Waals surface area contributed by atoms with E-state index in [2.05, 4.69) is 15.9 Å². The molecule has 0 aromatic heterocycles. The fraction of sp³-hybridized carbons (Fsp3) is 0.182. The molecule has 0 spiro atoms. The highest BCUT2D eigenvalue weighted by molar-refractivity contribution is 9.10. The molecule has 68 valence electrons. The molecule has 1 aromatic rings. The molecule has 1 aromatic carbocycles. The Labute approximate surface area is 86.6 Å². The molecule has 0 N–H and O–H groups in total. The predicted octanol–water partition coefficient (Wildman–Crippen LogP) is 3.14. The van der Waals surface area contributed by atoms with Crippen molar-refractivity contribution in [3.8, 4) is 0 Å². The lowest BCUT2D eigenvalue weighted by molar-refractivity contribution is -0.114. The quantitative estimate of drug-likeness (QED) is 0.740. The summed E-state index contributed by atoms with van der Waals surface area (Å²) in [6.07, 6.45) is 3.82. The van der Waals surface area contributed by atoms with Crippen LogP contribution in [0.25, 0.3) is 0 Å². The number of hydrogen-bond donors (Lipinski definition) is 0. The van der Waals surface area contributed by atoms with Crippen molar-refractivity contribution < 1.29 is 4.79 Å². The predicted molar refractivity (Wildman–Crippen MR) is 57.7 cm³/mol. The summed E-state index contributed by atoms with van der Waals surface area (Å²) < 4.78 is 0.993. The van der Waals surface area contributed by atoms with Gasteiger partial charge in [-0.3, -0.25) is 4.79 Å². The van der Waals surface area contributed by atoms with E-state index in [1.165, 1.54) is 0 Å². The van der Waals surface area contributed by atoms with E-state index in [1.54, 1.807) is 12.2 Å². The van der Waals surface area contributed by atoms with Crippen LogP contribution in [0.3, 0.4) is 0 Å². The molecule has 13 heavy (non-hydrogen) atoms. The third-order valence-corrected chi connectivity index (χ3v) is 2.45. The third-order valence-electron chi connectivity index (χ3n) is 1.68. The summed E-state index contributed by atoms with van der Waals surface area (Å²) in [5, 5.41) is 0. The lowest BCUT2D eigenvalue weighted by Crippen LogP contribution is -1.98. The first kappa shape index (κ1) is 10.2. The van der Waals surface area contributed by atoms with Crippen molar-refractivity contribution in [2.24, 2.45) is 0 Å².